The largest absolute Gasteiger partial charge is 0.496 e. The predicted molar refractivity (Wildman–Crippen MR) is 138 cm³/mol. The highest BCUT2D eigenvalue weighted by Crippen LogP contribution is 2.30. The second kappa shape index (κ2) is 12.7. The fraction of sp³-hybridized carbons (Fsp3) is 0.185. The number of hydrogen-bond donors (Lipinski definition) is 2. The normalized spacial score (nSPS) is 10.8. The minimum absolute atomic E-state index is 0.189. The molecule has 0 aliphatic heterocycles. The number of anilines is 1. The lowest BCUT2D eigenvalue weighted by atomic mass is 10.1. The number of benzene rings is 3. The topological polar surface area (TPSA) is 125 Å². The number of ether oxygens (including phenoxy) is 4. The van der Waals surface area contributed by atoms with Crippen molar-refractivity contribution >= 4 is 29.2 Å². The lowest BCUT2D eigenvalue weighted by molar-refractivity contribution is -0.136. The molecule has 10 nitrogen and oxygen atoms in total. The van der Waals surface area contributed by atoms with Gasteiger partial charge in [0.2, 0.25) is 0 Å². The third-order valence-electron chi connectivity index (χ3n) is 5.07. The van der Waals surface area contributed by atoms with Crippen molar-refractivity contribution in [2.45, 2.75) is 13.8 Å². The molecule has 192 valence electrons. The lowest BCUT2D eigenvalue weighted by Crippen LogP contribution is -2.32. The van der Waals surface area contributed by atoms with E-state index in [-0.39, 0.29) is 17.1 Å². The third kappa shape index (κ3) is 7.07. The van der Waals surface area contributed by atoms with Gasteiger partial charge in [-0.2, -0.15) is 5.10 Å². The molecule has 0 saturated heterocycles. The third-order valence-corrected chi connectivity index (χ3v) is 5.07. The van der Waals surface area contributed by atoms with Gasteiger partial charge in [-0.1, -0.05) is 12.1 Å². The number of hydrogen-bond acceptors (Lipinski definition) is 8. The van der Waals surface area contributed by atoms with Gasteiger partial charge in [-0.3, -0.25) is 9.59 Å². The van der Waals surface area contributed by atoms with Crippen molar-refractivity contribution in [3.8, 4) is 23.0 Å². The van der Waals surface area contributed by atoms with Crippen molar-refractivity contribution in [2.75, 3.05) is 26.1 Å². The van der Waals surface area contributed by atoms with E-state index in [4.69, 9.17) is 18.9 Å². The average molecular weight is 506 g/mol. The van der Waals surface area contributed by atoms with Gasteiger partial charge in [-0.25, -0.2) is 10.2 Å². The molecule has 0 aliphatic rings. The van der Waals surface area contributed by atoms with Crippen LogP contribution in [0.15, 0.2) is 71.8 Å². The molecule has 37 heavy (non-hydrogen) atoms. The smallest absolute Gasteiger partial charge is 0.347 e. The predicted octanol–water partition coefficient (Wildman–Crippen LogP) is 3.80. The van der Waals surface area contributed by atoms with Crippen molar-refractivity contribution in [1.82, 2.24) is 5.43 Å². The molecular weight excluding hydrogens is 478 g/mol. The van der Waals surface area contributed by atoms with E-state index < -0.39 is 17.8 Å². The molecule has 0 atom stereocenters. The second-order valence-corrected chi connectivity index (χ2v) is 7.51. The quantitative estimate of drug-likeness (QED) is 0.149. The van der Waals surface area contributed by atoms with Crippen LogP contribution < -0.4 is 29.7 Å². The van der Waals surface area contributed by atoms with Crippen LogP contribution in [0.2, 0.25) is 0 Å². The molecule has 2 N–H and O–H groups in total. The van der Waals surface area contributed by atoms with Gasteiger partial charge in [0.25, 0.3) is 0 Å². The average Bonchev–Trinajstić information content (AvgIpc) is 2.92. The summed E-state index contributed by atoms with van der Waals surface area (Å²) >= 11 is 0. The van der Waals surface area contributed by atoms with Crippen molar-refractivity contribution in [1.29, 1.82) is 0 Å². The number of amides is 2. The van der Waals surface area contributed by atoms with E-state index >= 15 is 0 Å². The van der Waals surface area contributed by atoms with E-state index in [9.17, 15) is 14.4 Å². The van der Waals surface area contributed by atoms with Crippen LogP contribution in [0.1, 0.15) is 29.8 Å². The van der Waals surface area contributed by atoms with Gasteiger partial charge in [-0.15, -0.1) is 0 Å². The number of carbonyl (C=O) groups is 3. The van der Waals surface area contributed by atoms with Gasteiger partial charge in [0, 0.05) is 11.3 Å². The minimum Gasteiger partial charge on any atom is -0.496 e. The van der Waals surface area contributed by atoms with Crippen LogP contribution >= 0.6 is 0 Å². The van der Waals surface area contributed by atoms with Gasteiger partial charge in [0.1, 0.15) is 17.1 Å². The van der Waals surface area contributed by atoms with Gasteiger partial charge >= 0.3 is 17.8 Å². The highest BCUT2D eigenvalue weighted by atomic mass is 16.6. The molecule has 0 aromatic heterocycles. The molecule has 3 aromatic rings. The van der Waals surface area contributed by atoms with Crippen LogP contribution in [-0.2, 0) is 9.59 Å². The number of rotatable bonds is 9. The van der Waals surface area contributed by atoms with Gasteiger partial charge in [0.05, 0.1) is 26.5 Å². The van der Waals surface area contributed by atoms with Crippen molar-refractivity contribution in [2.24, 2.45) is 5.10 Å². The van der Waals surface area contributed by atoms with E-state index in [2.05, 4.69) is 15.8 Å². The molecule has 3 aromatic carbocycles. The molecule has 0 bridgehead atoms. The van der Waals surface area contributed by atoms with Crippen LogP contribution in [0.4, 0.5) is 5.69 Å². The number of nitrogens with one attached hydrogen (secondary N) is 2. The van der Waals surface area contributed by atoms with Crippen LogP contribution in [0, 0.1) is 0 Å². The monoisotopic (exact) mass is 505 g/mol. The van der Waals surface area contributed by atoms with Crippen molar-refractivity contribution in [3.63, 3.8) is 0 Å². The Morgan fingerprint density at radius 3 is 2.22 bits per heavy atom. The van der Waals surface area contributed by atoms with Crippen LogP contribution in [0.5, 0.6) is 23.0 Å². The summed E-state index contributed by atoms with van der Waals surface area (Å²) in [7, 11) is 2.89. The van der Waals surface area contributed by atoms with E-state index in [1.807, 2.05) is 6.92 Å². The molecule has 0 aliphatic carbocycles. The summed E-state index contributed by atoms with van der Waals surface area (Å²) in [6.07, 6.45) is 0. The van der Waals surface area contributed by atoms with E-state index in [0.717, 1.165) is 0 Å². The summed E-state index contributed by atoms with van der Waals surface area (Å²) in [5, 5.41) is 6.48. The zero-order valence-corrected chi connectivity index (χ0v) is 20.9. The number of para-hydroxylation sites is 1. The molecule has 0 saturated carbocycles. The highest BCUT2D eigenvalue weighted by Gasteiger charge is 2.18. The van der Waals surface area contributed by atoms with Crippen molar-refractivity contribution < 1.29 is 33.3 Å². The lowest BCUT2D eigenvalue weighted by Gasteiger charge is -2.12. The molecular formula is C27H27N3O7. The van der Waals surface area contributed by atoms with E-state index in [1.54, 1.807) is 73.7 Å². The Kier molecular flexibility index (Phi) is 9.20. The molecule has 2 amide bonds. The first-order valence-electron chi connectivity index (χ1n) is 11.3. The highest BCUT2D eigenvalue weighted by molar-refractivity contribution is 6.39. The Labute approximate surface area is 214 Å². The number of carbonyl (C=O) groups excluding carboxylic acids is 3. The van der Waals surface area contributed by atoms with Crippen LogP contribution in [0.25, 0.3) is 0 Å². The summed E-state index contributed by atoms with van der Waals surface area (Å²) in [5.74, 6) is -0.933. The second-order valence-electron chi connectivity index (χ2n) is 7.51. The van der Waals surface area contributed by atoms with Crippen LogP contribution in [-0.4, -0.2) is 44.3 Å². The maximum Gasteiger partial charge on any atom is 0.347 e. The Bertz CT molecular complexity index is 1300. The van der Waals surface area contributed by atoms with Crippen LogP contribution in [0.3, 0.4) is 0 Å². The minimum atomic E-state index is -0.942. The number of hydrazone groups is 1. The first kappa shape index (κ1) is 26.7. The zero-order valence-electron chi connectivity index (χ0n) is 20.9. The number of nitrogens with zero attached hydrogens (tertiary/aromatic N) is 1. The molecule has 0 radical (unpaired) electrons. The summed E-state index contributed by atoms with van der Waals surface area (Å²) < 4.78 is 21.4. The maximum atomic E-state index is 12.6. The number of esters is 1. The molecule has 3 rings (SSSR count). The first-order chi connectivity index (χ1) is 17.9. The zero-order chi connectivity index (χ0) is 26.8. The van der Waals surface area contributed by atoms with Gasteiger partial charge in [0.15, 0.2) is 11.5 Å². The summed E-state index contributed by atoms with van der Waals surface area (Å²) in [6, 6.07) is 18.1. The summed E-state index contributed by atoms with van der Waals surface area (Å²) in [4.78, 5) is 37.0. The number of methoxy groups -OCH3 is 2. The Hall–Kier alpha value is -4.86. The van der Waals surface area contributed by atoms with Gasteiger partial charge in [-0.05, 0) is 68.4 Å². The molecule has 0 fully saturated rings. The Morgan fingerprint density at radius 2 is 1.54 bits per heavy atom. The fourth-order valence-corrected chi connectivity index (χ4v) is 3.18. The Morgan fingerprint density at radius 1 is 0.838 bits per heavy atom. The van der Waals surface area contributed by atoms with E-state index in [0.29, 0.717) is 35.1 Å². The van der Waals surface area contributed by atoms with Crippen molar-refractivity contribution in [3.05, 3.63) is 77.9 Å². The SMILES string of the molecule is CCOc1ccc(NC(=O)C(=O)N/N=C(\C)c2ccc(OC(=O)c3ccccc3OC)c(OC)c2)cc1. The summed E-state index contributed by atoms with van der Waals surface area (Å²) in [6.45, 7) is 4.03. The van der Waals surface area contributed by atoms with E-state index in [1.165, 1.54) is 14.2 Å². The fourth-order valence-electron chi connectivity index (χ4n) is 3.18. The molecule has 0 spiro atoms. The Balaban J connectivity index is 1.65. The summed E-state index contributed by atoms with van der Waals surface area (Å²) in [5.41, 5.74) is 3.89. The first-order valence-corrected chi connectivity index (χ1v) is 11.3. The molecule has 0 heterocycles. The maximum absolute atomic E-state index is 12.6. The molecule has 0 unspecified atom stereocenters. The molecule has 10 heteroatoms. The van der Waals surface area contributed by atoms with Gasteiger partial charge < -0.3 is 24.3 Å². The standard InChI is InChI=1S/C27H27N3O7/c1-5-36-20-13-11-19(12-14-20)28-25(31)26(32)30-29-17(2)18-10-15-23(24(16-18)35-4)37-27(33)21-8-6-7-9-22(21)34-3/h6-16H,5H2,1-4H3,(H,28,31)(H,30,32)/b29-17+.